The van der Waals surface area contributed by atoms with Gasteiger partial charge in [0, 0.05) is 25.5 Å². The molecule has 1 amide bonds. The number of hydrogen-bond acceptors (Lipinski definition) is 3. The minimum absolute atomic E-state index is 0.123. The summed E-state index contributed by atoms with van der Waals surface area (Å²) in [4.78, 5) is 18.4. The average Bonchev–Trinajstić information content (AvgIpc) is 2.93. The van der Waals surface area contributed by atoms with Crippen molar-refractivity contribution in [2.45, 2.75) is 52.1 Å². The second-order valence-corrected chi connectivity index (χ2v) is 6.11. The molecule has 5 heteroatoms. The van der Waals surface area contributed by atoms with Gasteiger partial charge >= 0.3 is 0 Å². The van der Waals surface area contributed by atoms with E-state index in [-0.39, 0.29) is 5.91 Å². The summed E-state index contributed by atoms with van der Waals surface area (Å²) in [6.07, 6.45) is 10.3. The van der Waals surface area contributed by atoms with Crippen LogP contribution in [0.4, 0.5) is 0 Å². The molecule has 1 aromatic rings. The number of aryl methyl sites for hydroxylation is 1. The van der Waals surface area contributed by atoms with Crippen LogP contribution in [0.15, 0.2) is 12.4 Å². The van der Waals surface area contributed by atoms with Crippen LogP contribution in [-0.2, 0) is 17.9 Å². The monoisotopic (exact) mass is 292 g/mol. The molecule has 0 atom stereocenters. The van der Waals surface area contributed by atoms with E-state index in [1.165, 1.54) is 32.1 Å². The number of carbonyl (C=O) groups excluding carboxylic acids is 1. The molecule has 118 valence electrons. The SMILES string of the molecule is CCn1ccnc1CN(C)CC(=O)NCC1CCCCC1. The predicted octanol–water partition coefficient (Wildman–Crippen LogP) is 2.03. The first-order valence-corrected chi connectivity index (χ1v) is 8.14. The van der Waals surface area contributed by atoms with Gasteiger partial charge in [0.05, 0.1) is 13.1 Å². The summed E-state index contributed by atoms with van der Waals surface area (Å²) >= 11 is 0. The first-order chi connectivity index (χ1) is 10.2. The molecule has 0 spiro atoms. The summed E-state index contributed by atoms with van der Waals surface area (Å²) in [6.45, 7) is 5.00. The van der Waals surface area contributed by atoms with E-state index in [4.69, 9.17) is 0 Å². The largest absolute Gasteiger partial charge is 0.355 e. The number of nitrogens with one attached hydrogen (secondary N) is 1. The molecule has 0 saturated heterocycles. The summed E-state index contributed by atoms with van der Waals surface area (Å²) in [5.41, 5.74) is 0. The van der Waals surface area contributed by atoms with E-state index >= 15 is 0 Å². The zero-order valence-electron chi connectivity index (χ0n) is 13.3. The Labute approximate surface area is 127 Å². The van der Waals surface area contributed by atoms with Crippen molar-refractivity contribution >= 4 is 5.91 Å². The van der Waals surface area contributed by atoms with E-state index in [9.17, 15) is 4.79 Å². The summed E-state index contributed by atoms with van der Waals surface area (Å²) < 4.78 is 2.11. The lowest BCUT2D eigenvalue weighted by Crippen LogP contribution is -2.38. The Kier molecular flexibility index (Phi) is 6.23. The van der Waals surface area contributed by atoms with Gasteiger partial charge in [0.25, 0.3) is 0 Å². The Morgan fingerprint density at radius 3 is 2.90 bits per heavy atom. The molecule has 5 nitrogen and oxygen atoms in total. The molecule has 0 bridgehead atoms. The number of nitrogens with zero attached hydrogens (tertiary/aromatic N) is 3. The van der Waals surface area contributed by atoms with E-state index in [2.05, 4.69) is 21.8 Å². The summed E-state index contributed by atoms with van der Waals surface area (Å²) in [5.74, 6) is 1.82. The van der Waals surface area contributed by atoms with Crippen molar-refractivity contribution in [2.75, 3.05) is 20.1 Å². The number of carbonyl (C=O) groups is 1. The number of likely N-dealkylation sites (N-methyl/N-ethyl adjacent to an activating group) is 1. The minimum Gasteiger partial charge on any atom is -0.355 e. The van der Waals surface area contributed by atoms with Crippen LogP contribution in [0.25, 0.3) is 0 Å². The third kappa shape index (κ3) is 5.16. The molecule has 1 saturated carbocycles. The fourth-order valence-corrected chi connectivity index (χ4v) is 3.03. The number of aromatic nitrogens is 2. The average molecular weight is 292 g/mol. The highest BCUT2D eigenvalue weighted by molar-refractivity contribution is 5.77. The van der Waals surface area contributed by atoms with Crippen LogP contribution in [0.1, 0.15) is 44.9 Å². The van der Waals surface area contributed by atoms with Crippen molar-refractivity contribution in [3.63, 3.8) is 0 Å². The quantitative estimate of drug-likeness (QED) is 0.836. The van der Waals surface area contributed by atoms with Crippen LogP contribution in [0, 0.1) is 5.92 Å². The van der Waals surface area contributed by atoms with Crippen LogP contribution >= 0.6 is 0 Å². The topological polar surface area (TPSA) is 50.2 Å². The normalized spacial score (nSPS) is 16.3. The van der Waals surface area contributed by atoms with Crippen molar-refractivity contribution < 1.29 is 4.79 Å². The molecule has 0 unspecified atom stereocenters. The summed E-state index contributed by atoms with van der Waals surface area (Å²) in [6, 6.07) is 0. The number of amides is 1. The van der Waals surface area contributed by atoms with Crippen molar-refractivity contribution in [3.05, 3.63) is 18.2 Å². The van der Waals surface area contributed by atoms with E-state index in [1.807, 2.05) is 24.3 Å². The van der Waals surface area contributed by atoms with Crippen molar-refractivity contribution in [3.8, 4) is 0 Å². The van der Waals surface area contributed by atoms with Crippen LogP contribution in [0.5, 0.6) is 0 Å². The first kappa shape index (κ1) is 16.0. The van der Waals surface area contributed by atoms with Gasteiger partial charge in [-0.1, -0.05) is 19.3 Å². The van der Waals surface area contributed by atoms with Gasteiger partial charge in [-0.25, -0.2) is 4.98 Å². The predicted molar refractivity (Wildman–Crippen MR) is 83.8 cm³/mol. The van der Waals surface area contributed by atoms with Crippen molar-refractivity contribution in [2.24, 2.45) is 5.92 Å². The zero-order chi connectivity index (χ0) is 15.1. The van der Waals surface area contributed by atoms with E-state index < -0.39 is 0 Å². The van der Waals surface area contributed by atoms with Gasteiger partial charge in [0.2, 0.25) is 5.91 Å². The lowest BCUT2D eigenvalue weighted by molar-refractivity contribution is -0.122. The highest BCUT2D eigenvalue weighted by Gasteiger charge is 2.15. The third-order valence-electron chi connectivity index (χ3n) is 4.28. The Bertz CT molecular complexity index is 437. The smallest absolute Gasteiger partial charge is 0.234 e. The maximum atomic E-state index is 12.0. The first-order valence-electron chi connectivity index (χ1n) is 8.14. The Hall–Kier alpha value is -1.36. The van der Waals surface area contributed by atoms with E-state index in [0.29, 0.717) is 19.0 Å². The third-order valence-corrected chi connectivity index (χ3v) is 4.28. The highest BCUT2D eigenvalue weighted by atomic mass is 16.2. The lowest BCUT2D eigenvalue weighted by Gasteiger charge is -2.22. The number of rotatable bonds is 7. The molecule has 0 aliphatic heterocycles. The van der Waals surface area contributed by atoms with Crippen molar-refractivity contribution in [1.29, 1.82) is 0 Å². The molecule has 0 radical (unpaired) electrons. The van der Waals surface area contributed by atoms with Crippen LogP contribution in [-0.4, -0.2) is 40.5 Å². The van der Waals surface area contributed by atoms with Gasteiger partial charge in [0.15, 0.2) is 0 Å². The van der Waals surface area contributed by atoms with E-state index in [1.54, 1.807) is 0 Å². The molecular weight excluding hydrogens is 264 g/mol. The Balaban J connectivity index is 1.69. The number of hydrogen-bond donors (Lipinski definition) is 1. The summed E-state index contributed by atoms with van der Waals surface area (Å²) in [7, 11) is 1.97. The van der Waals surface area contributed by atoms with Gasteiger partial charge in [0.1, 0.15) is 5.82 Å². The molecule has 21 heavy (non-hydrogen) atoms. The fourth-order valence-electron chi connectivity index (χ4n) is 3.03. The molecule has 1 aliphatic carbocycles. The maximum Gasteiger partial charge on any atom is 0.234 e. The number of imidazole rings is 1. The Morgan fingerprint density at radius 1 is 1.43 bits per heavy atom. The zero-order valence-corrected chi connectivity index (χ0v) is 13.3. The second-order valence-electron chi connectivity index (χ2n) is 6.11. The molecule has 1 fully saturated rings. The Morgan fingerprint density at radius 2 is 2.19 bits per heavy atom. The highest BCUT2D eigenvalue weighted by Crippen LogP contribution is 2.22. The molecule has 1 aromatic heterocycles. The van der Waals surface area contributed by atoms with Crippen LogP contribution in [0.2, 0.25) is 0 Å². The van der Waals surface area contributed by atoms with Gasteiger partial charge in [-0.3, -0.25) is 9.69 Å². The lowest BCUT2D eigenvalue weighted by atomic mass is 9.89. The van der Waals surface area contributed by atoms with Crippen LogP contribution in [0.3, 0.4) is 0 Å². The van der Waals surface area contributed by atoms with Gasteiger partial charge in [-0.05, 0) is 32.7 Å². The van der Waals surface area contributed by atoms with Crippen molar-refractivity contribution in [1.82, 2.24) is 19.8 Å². The maximum absolute atomic E-state index is 12.0. The van der Waals surface area contributed by atoms with E-state index in [0.717, 1.165) is 18.9 Å². The molecule has 1 N–H and O–H groups in total. The summed E-state index contributed by atoms with van der Waals surface area (Å²) in [5, 5.41) is 3.08. The molecular formula is C16H28N4O. The molecule has 2 rings (SSSR count). The fraction of sp³-hybridized carbons (Fsp3) is 0.750. The van der Waals surface area contributed by atoms with Crippen LogP contribution < -0.4 is 5.32 Å². The van der Waals surface area contributed by atoms with Gasteiger partial charge in [-0.2, -0.15) is 0 Å². The molecule has 1 aliphatic rings. The standard InChI is InChI=1S/C16H28N4O/c1-3-20-10-9-17-15(20)12-19(2)13-16(21)18-11-14-7-5-4-6-8-14/h9-10,14H,3-8,11-13H2,1-2H3,(H,18,21). The second kappa shape index (κ2) is 8.17. The van der Waals surface area contributed by atoms with Gasteiger partial charge < -0.3 is 9.88 Å². The molecule has 1 heterocycles. The molecule has 0 aromatic carbocycles. The minimum atomic E-state index is 0.123. The van der Waals surface area contributed by atoms with Gasteiger partial charge in [-0.15, -0.1) is 0 Å².